The van der Waals surface area contributed by atoms with Crippen LogP contribution in [-0.2, 0) is 16.1 Å². The van der Waals surface area contributed by atoms with Gasteiger partial charge in [0.05, 0.1) is 30.6 Å². The molecule has 0 fully saturated rings. The lowest BCUT2D eigenvalue weighted by Gasteiger charge is -2.16. The Hall–Kier alpha value is -4.01. The lowest BCUT2D eigenvalue weighted by Crippen LogP contribution is -2.25. The predicted molar refractivity (Wildman–Crippen MR) is 147 cm³/mol. The molecule has 1 amide bonds. The number of halogens is 6. The lowest BCUT2D eigenvalue weighted by molar-refractivity contribution is -0.114. The monoisotopic (exact) mass is 686 g/mol. The second-order valence-electron chi connectivity index (χ2n) is 8.51. The van der Waals surface area contributed by atoms with Crippen molar-refractivity contribution in [2.24, 2.45) is 5.10 Å². The summed E-state index contributed by atoms with van der Waals surface area (Å²) in [5.74, 6) is -12.2. The molecule has 41 heavy (non-hydrogen) atoms. The van der Waals surface area contributed by atoms with Gasteiger partial charge in [-0.3, -0.25) is 4.79 Å². The molecule has 0 aromatic heterocycles. The number of rotatable bonds is 8. The van der Waals surface area contributed by atoms with Crippen LogP contribution in [0.5, 0.6) is 11.5 Å². The Balaban J connectivity index is 1.68. The standard InChI is InChI=1S/C28H20F5IN2O5/c1-4-40-28(38)15-7-5-14(6-8-15)12-41-26-16(9-17(34)11-19(26)39-3)10-18-13(2)35-36(27(18)37)25-23(32)21(30)20(29)22(31)24(25)33/h5-11H,4,12H2,1-3H3/b18-10-. The highest BCUT2D eigenvalue weighted by atomic mass is 127. The number of carbonyl (C=O) groups excluding carboxylic acids is 2. The Bertz CT molecular complexity index is 1580. The molecule has 1 heterocycles. The molecule has 0 saturated carbocycles. The fraction of sp³-hybridized carbons (Fsp3) is 0.179. The second kappa shape index (κ2) is 12.2. The Morgan fingerprint density at radius 3 is 2.20 bits per heavy atom. The summed E-state index contributed by atoms with van der Waals surface area (Å²) < 4.78 is 87.1. The van der Waals surface area contributed by atoms with Crippen molar-refractivity contribution >= 4 is 51.9 Å². The van der Waals surface area contributed by atoms with Gasteiger partial charge in [0.15, 0.2) is 34.8 Å². The molecule has 3 aromatic carbocycles. The zero-order chi connectivity index (χ0) is 30.0. The highest BCUT2D eigenvalue weighted by molar-refractivity contribution is 14.1. The molecular weight excluding hydrogens is 666 g/mol. The average Bonchev–Trinajstić information content (AvgIpc) is 3.22. The van der Waals surface area contributed by atoms with Gasteiger partial charge in [-0.25, -0.2) is 26.7 Å². The maximum Gasteiger partial charge on any atom is 0.338 e. The van der Waals surface area contributed by atoms with Gasteiger partial charge >= 0.3 is 5.97 Å². The van der Waals surface area contributed by atoms with Gasteiger partial charge in [-0.1, -0.05) is 12.1 Å². The van der Waals surface area contributed by atoms with Crippen LogP contribution in [0.1, 0.15) is 35.3 Å². The van der Waals surface area contributed by atoms with Gasteiger partial charge < -0.3 is 14.2 Å². The number of esters is 1. The van der Waals surface area contributed by atoms with E-state index in [9.17, 15) is 31.5 Å². The molecule has 0 spiro atoms. The molecule has 1 aliphatic heterocycles. The molecule has 0 aliphatic carbocycles. The molecule has 0 atom stereocenters. The van der Waals surface area contributed by atoms with E-state index in [2.05, 4.69) is 5.10 Å². The SMILES string of the molecule is CCOC(=O)c1ccc(COc2c(/C=C3\C(=O)N(c4c(F)c(F)c(F)c(F)c4F)N=C3C)cc(I)cc2OC)cc1. The van der Waals surface area contributed by atoms with Gasteiger partial charge in [0.1, 0.15) is 12.3 Å². The van der Waals surface area contributed by atoms with Crippen LogP contribution in [0.2, 0.25) is 0 Å². The molecular formula is C28H20F5IN2O5. The number of nitrogens with zero attached hydrogens (tertiary/aromatic N) is 2. The summed E-state index contributed by atoms with van der Waals surface area (Å²) in [4.78, 5) is 25.1. The molecule has 1 aliphatic rings. The van der Waals surface area contributed by atoms with Crippen LogP contribution in [0.4, 0.5) is 27.6 Å². The largest absolute Gasteiger partial charge is 0.493 e. The van der Waals surface area contributed by atoms with Crippen molar-refractivity contribution < 1.29 is 45.8 Å². The van der Waals surface area contributed by atoms with E-state index in [1.807, 2.05) is 22.6 Å². The minimum atomic E-state index is -2.35. The summed E-state index contributed by atoms with van der Waals surface area (Å²) >= 11 is 2.00. The van der Waals surface area contributed by atoms with E-state index in [1.165, 1.54) is 20.1 Å². The minimum absolute atomic E-state index is 0.0218. The van der Waals surface area contributed by atoms with E-state index >= 15 is 0 Å². The van der Waals surface area contributed by atoms with E-state index in [4.69, 9.17) is 14.2 Å². The van der Waals surface area contributed by atoms with Crippen LogP contribution in [0.15, 0.2) is 47.1 Å². The summed E-state index contributed by atoms with van der Waals surface area (Å²) in [5.41, 5.74) is -0.352. The number of benzene rings is 3. The predicted octanol–water partition coefficient (Wildman–Crippen LogP) is 6.56. The van der Waals surface area contributed by atoms with Crippen molar-refractivity contribution in [2.75, 3.05) is 18.7 Å². The Kier molecular flexibility index (Phi) is 8.95. The first-order valence-corrected chi connectivity index (χ1v) is 13.0. The van der Waals surface area contributed by atoms with E-state index < -0.39 is 46.6 Å². The van der Waals surface area contributed by atoms with E-state index in [1.54, 1.807) is 43.3 Å². The number of amides is 1. The van der Waals surface area contributed by atoms with Crippen molar-refractivity contribution in [3.63, 3.8) is 0 Å². The summed E-state index contributed by atoms with van der Waals surface area (Å²) in [6, 6.07) is 9.80. The van der Waals surface area contributed by atoms with Crippen LogP contribution in [-0.4, -0.2) is 31.3 Å². The van der Waals surface area contributed by atoms with Crippen molar-refractivity contribution in [1.29, 1.82) is 0 Å². The molecule has 0 radical (unpaired) electrons. The summed E-state index contributed by atoms with van der Waals surface area (Å²) in [6.07, 6.45) is 1.32. The van der Waals surface area contributed by atoms with Crippen molar-refractivity contribution in [3.8, 4) is 11.5 Å². The van der Waals surface area contributed by atoms with Gasteiger partial charge in [-0.05, 0) is 72.3 Å². The number of hydrogen-bond acceptors (Lipinski definition) is 6. The third kappa shape index (κ3) is 5.89. The fourth-order valence-electron chi connectivity index (χ4n) is 3.88. The van der Waals surface area contributed by atoms with Crippen molar-refractivity contribution in [2.45, 2.75) is 20.5 Å². The first-order chi connectivity index (χ1) is 19.5. The maximum atomic E-state index is 14.4. The molecule has 0 bridgehead atoms. The summed E-state index contributed by atoms with van der Waals surface area (Å²) in [5, 5.41) is 3.89. The molecule has 7 nitrogen and oxygen atoms in total. The van der Waals surface area contributed by atoms with Crippen LogP contribution >= 0.6 is 22.6 Å². The zero-order valence-electron chi connectivity index (χ0n) is 21.7. The topological polar surface area (TPSA) is 77.4 Å². The van der Waals surface area contributed by atoms with Gasteiger partial charge in [0, 0.05) is 9.13 Å². The van der Waals surface area contributed by atoms with Gasteiger partial charge in [0.2, 0.25) is 5.82 Å². The third-order valence-electron chi connectivity index (χ3n) is 5.88. The van der Waals surface area contributed by atoms with Crippen LogP contribution in [0, 0.1) is 32.7 Å². The maximum absolute atomic E-state index is 14.4. The lowest BCUT2D eigenvalue weighted by atomic mass is 10.1. The van der Waals surface area contributed by atoms with Crippen molar-refractivity contribution in [1.82, 2.24) is 0 Å². The zero-order valence-corrected chi connectivity index (χ0v) is 23.8. The fourth-order valence-corrected chi connectivity index (χ4v) is 4.50. The Morgan fingerprint density at radius 2 is 1.61 bits per heavy atom. The highest BCUT2D eigenvalue weighted by Crippen LogP contribution is 2.38. The number of hydrogen-bond donors (Lipinski definition) is 0. The van der Waals surface area contributed by atoms with Crippen LogP contribution < -0.4 is 14.5 Å². The highest BCUT2D eigenvalue weighted by Gasteiger charge is 2.37. The molecule has 0 N–H and O–H groups in total. The second-order valence-corrected chi connectivity index (χ2v) is 9.76. The first kappa shape index (κ1) is 30.0. The van der Waals surface area contributed by atoms with E-state index in [0.29, 0.717) is 26.0 Å². The quantitative estimate of drug-likeness (QED) is 0.0671. The Labute approximate surface area is 244 Å². The normalized spacial score (nSPS) is 14.0. The van der Waals surface area contributed by atoms with Gasteiger partial charge in [0.25, 0.3) is 5.91 Å². The van der Waals surface area contributed by atoms with Crippen LogP contribution in [0.25, 0.3) is 6.08 Å². The minimum Gasteiger partial charge on any atom is -0.493 e. The smallest absolute Gasteiger partial charge is 0.338 e. The third-order valence-corrected chi connectivity index (χ3v) is 6.50. The molecule has 4 rings (SSSR count). The Morgan fingerprint density at radius 1 is 1.00 bits per heavy atom. The van der Waals surface area contributed by atoms with E-state index in [-0.39, 0.29) is 35.3 Å². The summed E-state index contributed by atoms with van der Waals surface area (Å²) in [6.45, 7) is 3.30. The number of ether oxygens (including phenoxy) is 3. The average molecular weight is 686 g/mol. The van der Waals surface area contributed by atoms with E-state index in [0.717, 1.165) is 0 Å². The number of anilines is 1. The molecule has 3 aromatic rings. The van der Waals surface area contributed by atoms with Gasteiger partial charge in [-0.15, -0.1) is 0 Å². The molecule has 214 valence electrons. The molecule has 0 saturated heterocycles. The molecule has 0 unspecified atom stereocenters. The summed E-state index contributed by atoms with van der Waals surface area (Å²) in [7, 11) is 1.40. The number of carbonyl (C=O) groups is 2. The van der Waals surface area contributed by atoms with Crippen LogP contribution in [0.3, 0.4) is 0 Å². The number of methoxy groups -OCH3 is 1. The first-order valence-electron chi connectivity index (χ1n) is 11.9. The molecule has 13 heteroatoms. The van der Waals surface area contributed by atoms with Gasteiger partial charge in [-0.2, -0.15) is 10.1 Å². The van der Waals surface area contributed by atoms with Crippen molar-refractivity contribution in [3.05, 3.63) is 91.3 Å². The number of hydrazone groups is 1.